The third kappa shape index (κ3) is 4.57. The second kappa shape index (κ2) is 8.56. The maximum atomic E-state index is 12.8. The molecular weight excluding hydrogens is 350 g/mol. The highest BCUT2D eigenvalue weighted by molar-refractivity contribution is 6.30. The number of hydrogen-bond acceptors (Lipinski definition) is 4. The number of Topliss-reactive ketones (excluding diaryl/α,β-unsaturated/α-hetero) is 1. The first-order chi connectivity index (χ1) is 12.6. The minimum absolute atomic E-state index is 0.00778. The van der Waals surface area contributed by atoms with Crippen LogP contribution in [-0.4, -0.2) is 35.5 Å². The van der Waals surface area contributed by atoms with Crippen molar-refractivity contribution in [3.8, 4) is 11.5 Å². The van der Waals surface area contributed by atoms with Gasteiger partial charge in [-0.25, -0.2) is 0 Å². The number of carbonyl (C=O) groups excluding carboxylic acids is 1. The molecule has 1 N–H and O–H groups in total. The molecule has 1 aliphatic rings. The first-order valence-corrected chi connectivity index (χ1v) is 9.41. The van der Waals surface area contributed by atoms with E-state index in [-0.39, 0.29) is 17.5 Å². The number of ketones is 1. The maximum Gasteiger partial charge on any atom is 0.167 e. The van der Waals surface area contributed by atoms with E-state index in [1.54, 1.807) is 30.3 Å². The second-order valence-electron chi connectivity index (χ2n) is 6.68. The first-order valence-electron chi connectivity index (χ1n) is 9.03. The van der Waals surface area contributed by atoms with Gasteiger partial charge in [-0.2, -0.15) is 0 Å². The summed E-state index contributed by atoms with van der Waals surface area (Å²) in [6, 6.07) is 12.6. The fourth-order valence-corrected chi connectivity index (χ4v) is 3.58. The molecule has 0 spiro atoms. The molecule has 5 heteroatoms. The number of nitrogens with zero attached hydrogens (tertiary/aromatic N) is 1. The summed E-state index contributed by atoms with van der Waals surface area (Å²) in [5.41, 5.74) is 1.80. The van der Waals surface area contributed by atoms with Crippen molar-refractivity contribution in [1.29, 1.82) is 0 Å². The van der Waals surface area contributed by atoms with E-state index in [0.29, 0.717) is 17.4 Å². The Balaban J connectivity index is 1.66. The van der Waals surface area contributed by atoms with Crippen LogP contribution in [0.3, 0.4) is 0 Å². The Hall–Kier alpha value is -2.04. The summed E-state index contributed by atoms with van der Waals surface area (Å²) in [6.45, 7) is 4.86. The van der Waals surface area contributed by atoms with Gasteiger partial charge in [-0.1, -0.05) is 17.7 Å². The van der Waals surface area contributed by atoms with Crippen LogP contribution >= 0.6 is 11.6 Å². The van der Waals surface area contributed by atoms with Crippen molar-refractivity contribution in [2.75, 3.05) is 19.7 Å². The van der Waals surface area contributed by atoms with Gasteiger partial charge in [0.1, 0.15) is 0 Å². The lowest BCUT2D eigenvalue weighted by Crippen LogP contribution is -2.38. The number of piperidine rings is 1. The standard InChI is InChI=1S/C21H24ClNO3/c1-2-26-20-12-15(5-10-19(20)24)13-23-11-3-4-17(14-23)21(25)16-6-8-18(22)9-7-16/h5-10,12,17,24H,2-4,11,13-14H2,1H3/t17-/m0/s1. The largest absolute Gasteiger partial charge is 0.504 e. The van der Waals surface area contributed by atoms with Crippen LogP contribution in [0.1, 0.15) is 35.7 Å². The van der Waals surface area contributed by atoms with E-state index in [2.05, 4.69) is 4.90 Å². The van der Waals surface area contributed by atoms with E-state index in [0.717, 1.165) is 43.6 Å². The summed E-state index contributed by atoms with van der Waals surface area (Å²) >= 11 is 5.91. The number of rotatable bonds is 6. The zero-order valence-electron chi connectivity index (χ0n) is 15.0. The predicted octanol–water partition coefficient (Wildman–Crippen LogP) is 4.54. The van der Waals surface area contributed by atoms with Crippen LogP contribution in [0.2, 0.25) is 5.02 Å². The molecular formula is C21H24ClNO3. The monoisotopic (exact) mass is 373 g/mol. The summed E-state index contributed by atoms with van der Waals surface area (Å²) in [5, 5.41) is 10.5. The van der Waals surface area contributed by atoms with Crippen molar-refractivity contribution < 1.29 is 14.6 Å². The summed E-state index contributed by atoms with van der Waals surface area (Å²) in [4.78, 5) is 15.1. The van der Waals surface area contributed by atoms with E-state index in [1.165, 1.54) is 0 Å². The Bertz CT molecular complexity index is 760. The molecule has 26 heavy (non-hydrogen) atoms. The molecule has 4 nitrogen and oxygen atoms in total. The normalized spacial score (nSPS) is 17.8. The maximum absolute atomic E-state index is 12.8. The average Bonchev–Trinajstić information content (AvgIpc) is 2.65. The minimum atomic E-state index is 0.00778. The van der Waals surface area contributed by atoms with Gasteiger partial charge >= 0.3 is 0 Å². The molecule has 0 amide bonds. The Labute approximate surface area is 159 Å². The molecule has 0 aliphatic carbocycles. The second-order valence-corrected chi connectivity index (χ2v) is 7.12. The number of likely N-dealkylation sites (tertiary alicyclic amines) is 1. The molecule has 1 aliphatic heterocycles. The molecule has 3 rings (SSSR count). The number of benzene rings is 2. The van der Waals surface area contributed by atoms with Crippen LogP contribution in [0.25, 0.3) is 0 Å². The van der Waals surface area contributed by atoms with Gasteiger partial charge in [-0.15, -0.1) is 0 Å². The fraction of sp³-hybridized carbons (Fsp3) is 0.381. The molecule has 0 bridgehead atoms. The number of phenols is 1. The summed E-state index contributed by atoms with van der Waals surface area (Å²) in [6.07, 6.45) is 1.91. The highest BCUT2D eigenvalue weighted by Gasteiger charge is 2.26. The van der Waals surface area contributed by atoms with Crippen molar-refractivity contribution >= 4 is 17.4 Å². The molecule has 1 heterocycles. The quantitative estimate of drug-likeness (QED) is 0.755. The number of halogens is 1. The first kappa shape index (κ1) is 18.7. The fourth-order valence-electron chi connectivity index (χ4n) is 3.45. The third-order valence-corrected chi connectivity index (χ3v) is 4.99. The molecule has 2 aromatic rings. The Morgan fingerprint density at radius 3 is 2.77 bits per heavy atom. The Morgan fingerprint density at radius 2 is 2.04 bits per heavy atom. The van der Waals surface area contributed by atoms with Gasteiger partial charge in [0.15, 0.2) is 17.3 Å². The molecule has 1 atom stereocenters. The summed E-state index contributed by atoms with van der Waals surface area (Å²) in [5.74, 6) is 0.862. The van der Waals surface area contributed by atoms with Crippen LogP contribution < -0.4 is 4.74 Å². The average molecular weight is 374 g/mol. The Morgan fingerprint density at radius 1 is 1.27 bits per heavy atom. The van der Waals surface area contributed by atoms with Crippen LogP contribution in [0.15, 0.2) is 42.5 Å². The van der Waals surface area contributed by atoms with Crippen LogP contribution in [0.5, 0.6) is 11.5 Å². The van der Waals surface area contributed by atoms with Crippen molar-refractivity contribution in [2.45, 2.75) is 26.3 Å². The number of aromatic hydroxyl groups is 1. The predicted molar refractivity (Wildman–Crippen MR) is 103 cm³/mol. The van der Waals surface area contributed by atoms with Crippen molar-refractivity contribution in [3.05, 3.63) is 58.6 Å². The van der Waals surface area contributed by atoms with E-state index in [1.807, 2.05) is 19.1 Å². The Kier molecular flexibility index (Phi) is 6.17. The number of phenolic OH excluding ortho intramolecular Hbond substituents is 1. The van der Waals surface area contributed by atoms with Gasteiger partial charge in [-0.3, -0.25) is 9.69 Å². The molecule has 0 unspecified atom stereocenters. The highest BCUT2D eigenvalue weighted by atomic mass is 35.5. The molecule has 2 aromatic carbocycles. The molecule has 138 valence electrons. The lowest BCUT2D eigenvalue weighted by Gasteiger charge is -2.32. The van der Waals surface area contributed by atoms with E-state index in [9.17, 15) is 9.90 Å². The SMILES string of the molecule is CCOc1cc(CN2CCC[C@H](C(=O)c3ccc(Cl)cc3)C2)ccc1O. The summed E-state index contributed by atoms with van der Waals surface area (Å²) < 4.78 is 5.46. The van der Waals surface area contributed by atoms with Gasteiger partial charge in [0.25, 0.3) is 0 Å². The van der Waals surface area contributed by atoms with Crippen molar-refractivity contribution in [2.24, 2.45) is 5.92 Å². The minimum Gasteiger partial charge on any atom is -0.504 e. The number of hydrogen-bond donors (Lipinski definition) is 1. The topological polar surface area (TPSA) is 49.8 Å². The number of carbonyl (C=O) groups is 1. The zero-order chi connectivity index (χ0) is 18.5. The van der Waals surface area contributed by atoms with E-state index >= 15 is 0 Å². The lowest BCUT2D eigenvalue weighted by molar-refractivity contribution is 0.0811. The molecule has 1 fully saturated rings. The zero-order valence-corrected chi connectivity index (χ0v) is 15.7. The van der Waals surface area contributed by atoms with Gasteiger partial charge < -0.3 is 9.84 Å². The van der Waals surface area contributed by atoms with Crippen molar-refractivity contribution in [1.82, 2.24) is 4.90 Å². The smallest absolute Gasteiger partial charge is 0.167 e. The molecule has 0 saturated carbocycles. The van der Waals surface area contributed by atoms with Crippen molar-refractivity contribution in [3.63, 3.8) is 0 Å². The van der Waals surface area contributed by atoms with Crippen LogP contribution in [0, 0.1) is 5.92 Å². The van der Waals surface area contributed by atoms with Gasteiger partial charge in [-0.05, 0) is 68.3 Å². The van der Waals surface area contributed by atoms with Gasteiger partial charge in [0.2, 0.25) is 0 Å². The number of ether oxygens (including phenoxy) is 1. The molecule has 0 aromatic heterocycles. The van der Waals surface area contributed by atoms with Gasteiger partial charge in [0.05, 0.1) is 6.61 Å². The lowest BCUT2D eigenvalue weighted by atomic mass is 9.90. The van der Waals surface area contributed by atoms with E-state index < -0.39 is 0 Å². The van der Waals surface area contributed by atoms with Crippen LogP contribution in [-0.2, 0) is 6.54 Å². The van der Waals surface area contributed by atoms with Crippen LogP contribution in [0.4, 0.5) is 0 Å². The summed E-state index contributed by atoms with van der Waals surface area (Å²) in [7, 11) is 0. The highest BCUT2D eigenvalue weighted by Crippen LogP contribution is 2.29. The van der Waals surface area contributed by atoms with E-state index in [4.69, 9.17) is 16.3 Å². The third-order valence-electron chi connectivity index (χ3n) is 4.74. The molecule has 0 radical (unpaired) electrons. The van der Waals surface area contributed by atoms with Gasteiger partial charge in [0, 0.05) is 29.6 Å². The molecule has 1 saturated heterocycles.